The van der Waals surface area contributed by atoms with Crippen molar-refractivity contribution in [2.24, 2.45) is 4.99 Å². The van der Waals surface area contributed by atoms with Crippen molar-refractivity contribution in [1.29, 1.82) is 5.26 Å². The van der Waals surface area contributed by atoms with E-state index < -0.39 is 5.56 Å². The summed E-state index contributed by atoms with van der Waals surface area (Å²) in [5.41, 5.74) is 2.40. The molecule has 0 spiro atoms. The van der Waals surface area contributed by atoms with Gasteiger partial charge >= 0.3 is 0 Å². The van der Waals surface area contributed by atoms with Crippen molar-refractivity contribution in [2.75, 3.05) is 0 Å². The second-order valence-electron chi connectivity index (χ2n) is 5.94. The molecule has 2 rings (SSSR count). The number of aliphatic imine (C=N–C) groups is 1. The highest BCUT2D eigenvalue weighted by molar-refractivity contribution is 5.87. The average molecular weight is 337 g/mol. The highest BCUT2D eigenvalue weighted by atomic mass is 16.3. The van der Waals surface area contributed by atoms with Gasteiger partial charge in [0.2, 0.25) is 5.88 Å². The van der Waals surface area contributed by atoms with Gasteiger partial charge < -0.3 is 5.11 Å². The molecule has 1 aromatic heterocycles. The van der Waals surface area contributed by atoms with Gasteiger partial charge in [0.05, 0.1) is 11.3 Å². The summed E-state index contributed by atoms with van der Waals surface area (Å²) in [6.07, 6.45) is 4.07. The maximum Gasteiger partial charge on any atom is 0.271 e. The Bertz CT molecular complexity index is 889. The summed E-state index contributed by atoms with van der Waals surface area (Å²) in [7, 11) is 0. The van der Waals surface area contributed by atoms with Gasteiger partial charge in [0.1, 0.15) is 11.6 Å². The maximum atomic E-state index is 12.4. The molecule has 1 aromatic carbocycles. The SMILES string of the molecule is CCCCn1c(O)c(C=Nc2cccc(CC)c2)c(C)c(C#N)c1=O. The van der Waals surface area contributed by atoms with Gasteiger partial charge in [0.15, 0.2) is 0 Å². The molecule has 0 aliphatic rings. The Labute approximate surface area is 147 Å². The lowest BCUT2D eigenvalue weighted by Gasteiger charge is -2.13. The lowest BCUT2D eigenvalue weighted by Crippen LogP contribution is -2.25. The van der Waals surface area contributed by atoms with Crippen LogP contribution in [0.25, 0.3) is 0 Å². The van der Waals surface area contributed by atoms with E-state index in [0.717, 1.165) is 24.9 Å². The van der Waals surface area contributed by atoms with Crippen LogP contribution < -0.4 is 5.56 Å². The largest absolute Gasteiger partial charge is 0.494 e. The first kappa shape index (κ1) is 18.5. The van der Waals surface area contributed by atoms with Gasteiger partial charge in [-0.3, -0.25) is 14.4 Å². The third-order valence-electron chi connectivity index (χ3n) is 4.24. The van der Waals surface area contributed by atoms with E-state index in [1.54, 1.807) is 6.92 Å². The highest BCUT2D eigenvalue weighted by Crippen LogP contribution is 2.22. The van der Waals surface area contributed by atoms with E-state index in [1.807, 2.05) is 37.3 Å². The zero-order valence-corrected chi connectivity index (χ0v) is 14.9. The molecule has 25 heavy (non-hydrogen) atoms. The quantitative estimate of drug-likeness (QED) is 0.813. The molecule has 0 saturated carbocycles. The van der Waals surface area contributed by atoms with Crippen molar-refractivity contribution in [1.82, 2.24) is 4.57 Å². The molecular formula is C20H23N3O2. The fraction of sp³-hybridized carbons (Fsp3) is 0.350. The van der Waals surface area contributed by atoms with E-state index in [0.29, 0.717) is 17.7 Å². The number of rotatable bonds is 6. The van der Waals surface area contributed by atoms with Gasteiger partial charge in [-0.05, 0) is 43.0 Å². The van der Waals surface area contributed by atoms with E-state index in [-0.39, 0.29) is 11.4 Å². The van der Waals surface area contributed by atoms with Gasteiger partial charge in [-0.1, -0.05) is 32.4 Å². The molecule has 5 heteroatoms. The first-order chi connectivity index (χ1) is 12.0. The molecule has 0 atom stereocenters. The number of benzene rings is 1. The number of aromatic nitrogens is 1. The lowest BCUT2D eigenvalue weighted by atomic mass is 10.1. The molecule has 2 aromatic rings. The van der Waals surface area contributed by atoms with E-state index in [2.05, 4.69) is 11.9 Å². The number of hydrogen-bond acceptors (Lipinski definition) is 4. The van der Waals surface area contributed by atoms with Crippen LogP contribution in [0.5, 0.6) is 5.88 Å². The fourth-order valence-corrected chi connectivity index (χ4v) is 2.64. The smallest absolute Gasteiger partial charge is 0.271 e. The van der Waals surface area contributed by atoms with Crippen molar-refractivity contribution in [2.45, 2.75) is 46.6 Å². The number of unbranched alkanes of at least 4 members (excludes halogenated alkanes) is 1. The number of nitrogens with zero attached hydrogens (tertiary/aromatic N) is 3. The normalized spacial score (nSPS) is 11.0. The number of hydrogen-bond donors (Lipinski definition) is 1. The number of pyridine rings is 1. The summed E-state index contributed by atoms with van der Waals surface area (Å²) >= 11 is 0. The molecule has 0 amide bonds. The Hall–Kier alpha value is -2.87. The zero-order chi connectivity index (χ0) is 18.4. The molecule has 0 saturated heterocycles. The van der Waals surface area contributed by atoms with Gasteiger partial charge in [-0.2, -0.15) is 5.26 Å². The summed E-state index contributed by atoms with van der Waals surface area (Å²) in [6, 6.07) is 9.77. The van der Waals surface area contributed by atoms with Crippen LogP contribution in [0.15, 0.2) is 34.1 Å². The summed E-state index contributed by atoms with van der Waals surface area (Å²) < 4.78 is 1.26. The first-order valence-corrected chi connectivity index (χ1v) is 8.52. The van der Waals surface area contributed by atoms with Crippen molar-refractivity contribution < 1.29 is 5.11 Å². The van der Waals surface area contributed by atoms with Crippen LogP contribution in [0.1, 0.15) is 48.9 Å². The highest BCUT2D eigenvalue weighted by Gasteiger charge is 2.17. The predicted molar refractivity (Wildman–Crippen MR) is 99.8 cm³/mol. The molecule has 0 fully saturated rings. The number of aromatic hydroxyl groups is 1. The molecule has 1 heterocycles. The van der Waals surface area contributed by atoms with Crippen LogP contribution >= 0.6 is 0 Å². The Morgan fingerprint density at radius 3 is 2.76 bits per heavy atom. The van der Waals surface area contributed by atoms with Crippen molar-refractivity contribution in [3.63, 3.8) is 0 Å². The average Bonchev–Trinajstić information content (AvgIpc) is 2.62. The van der Waals surface area contributed by atoms with Gasteiger partial charge in [0, 0.05) is 12.8 Å². The Balaban J connectivity index is 2.54. The minimum absolute atomic E-state index is 0.0534. The second kappa shape index (κ2) is 8.29. The van der Waals surface area contributed by atoms with Crippen LogP contribution in [0.2, 0.25) is 0 Å². The third kappa shape index (κ3) is 3.97. The summed E-state index contributed by atoms with van der Waals surface area (Å²) in [5, 5.41) is 19.9. The van der Waals surface area contributed by atoms with E-state index >= 15 is 0 Å². The number of aryl methyl sites for hydroxylation is 1. The maximum absolute atomic E-state index is 12.4. The van der Waals surface area contributed by atoms with Crippen molar-refractivity contribution in [3.05, 3.63) is 56.9 Å². The molecule has 5 nitrogen and oxygen atoms in total. The Kier molecular flexibility index (Phi) is 6.13. The standard InChI is InChI=1S/C20H23N3O2/c1-4-6-10-23-19(24)17(12-21)14(3)18(20(23)25)13-22-16-9-7-8-15(5-2)11-16/h7-9,11,13,25H,4-6,10H2,1-3H3. The molecular weight excluding hydrogens is 314 g/mol. The molecule has 0 aliphatic heterocycles. The number of nitriles is 1. The molecule has 0 radical (unpaired) electrons. The summed E-state index contributed by atoms with van der Waals surface area (Å²) in [5.74, 6) is -0.134. The topological polar surface area (TPSA) is 78.4 Å². The summed E-state index contributed by atoms with van der Waals surface area (Å²) in [4.78, 5) is 16.8. The van der Waals surface area contributed by atoms with Crippen LogP contribution in [0, 0.1) is 18.3 Å². The van der Waals surface area contributed by atoms with Crippen molar-refractivity contribution >= 4 is 11.9 Å². The minimum Gasteiger partial charge on any atom is -0.494 e. The molecule has 0 bridgehead atoms. The van der Waals surface area contributed by atoms with Crippen LogP contribution in [0.4, 0.5) is 5.69 Å². The monoisotopic (exact) mass is 337 g/mol. The Morgan fingerprint density at radius 1 is 1.36 bits per heavy atom. The van der Waals surface area contributed by atoms with Gasteiger partial charge in [-0.25, -0.2) is 0 Å². The summed E-state index contributed by atoms with van der Waals surface area (Å²) in [6.45, 7) is 6.11. The fourth-order valence-electron chi connectivity index (χ4n) is 2.64. The van der Waals surface area contributed by atoms with Crippen molar-refractivity contribution in [3.8, 4) is 11.9 Å². The van der Waals surface area contributed by atoms with Crippen LogP contribution in [-0.2, 0) is 13.0 Å². The predicted octanol–water partition coefficient (Wildman–Crippen LogP) is 3.85. The lowest BCUT2D eigenvalue weighted by molar-refractivity contribution is 0.400. The van der Waals surface area contributed by atoms with Crippen LogP contribution in [0.3, 0.4) is 0 Å². The van der Waals surface area contributed by atoms with Gasteiger partial charge in [-0.15, -0.1) is 0 Å². The van der Waals surface area contributed by atoms with Crippen LogP contribution in [-0.4, -0.2) is 15.9 Å². The van der Waals surface area contributed by atoms with E-state index in [1.165, 1.54) is 16.3 Å². The van der Waals surface area contributed by atoms with E-state index in [4.69, 9.17) is 0 Å². The second-order valence-corrected chi connectivity index (χ2v) is 5.94. The first-order valence-electron chi connectivity index (χ1n) is 8.52. The molecule has 130 valence electrons. The molecule has 0 unspecified atom stereocenters. The van der Waals surface area contributed by atoms with Gasteiger partial charge in [0.25, 0.3) is 5.56 Å². The van der Waals surface area contributed by atoms with E-state index in [9.17, 15) is 15.2 Å². The molecule has 0 aliphatic carbocycles. The molecule has 1 N–H and O–H groups in total. The minimum atomic E-state index is -0.448. The Morgan fingerprint density at radius 2 is 2.12 bits per heavy atom. The zero-order valence-electron chi connectivity index (χ0n) is 14.9. The third-order valence-corrected chi connectivity index (χ3v) is 4.24.